The van der Waals surface area contributed by atoms with Crippen LogP contribution in [0, 0.1) is 19.8 Å². The molecule has 0 aliphatic heterocycles. The first-order valence-corrected chi connectivity index (χ1v) is 7.85. The zero-order chi connectivity index (χ0) is 15.8. The summed E-state index contributed by atoms with van der Waals surface area (Å²) in [5.74, 6) is -0.560. The fourth-order valence-electron chi connectivity index (χ4n) is 3.32. The molecule has 1 unspecified atom stereocenters. The Kier molecular flexibility index (Phi) is 4.42. The number of nitrogens with zero attached hydrogens (tertiary/aromatic N) is 2. The molecular weight excluding hydrogens is 266 g/mol. The third kappa shape index (κ3) is 2.98. The zero-order valence-electron chi connectivity index (χ0n) is 13.7. The van der Waals surface area contributed by atoms with Gasteiger partial charge in [-0.05, 0) is 58.4 Å². The molecule has 0 aromatic carbocycles. The summed E-state index contributed by atoms with van der Waals surface area (Å²) in [7, 11) is 0. The molecule has 2 rings (SSSR count). The van der Waals surface area contributed by atoms with Crippen molar-refractivity contribution < 1.29 is 9.90 Å². The van der Waals surface area contributed by atoms with Gasteiger partial charge in [-0.3, -0.25) is 14.8 Å². The second-order valence-electron chi connectivity index (χ2n) is 6.51. The number of aliphatic carboxylic acids is 1. The van der Waals surface area contributed by atoms with Gasteiger partial charge in [0, 0.05) is 11.7 Å². The van der Waals surface area contributed by atoms with Crippen LogP contribution in [0.2, 0.25) is 0 Å². The first-order valence-electron chi connectivity index (χ1n) is 7.85. The molecule has 5 nitrogen and oxygen atoms in total. The minimum Gasteiger partial charge on any atom is -0.480 e. The highest BCUT2D eigenvalue weighted by atomic mass is 16.4. The fourth-order valence-corrected chi connectivity index (χ4v) is 3.32. The molecule has 2 N–H and O–H groups in total. The van der Waals surface area contributed by atoms with E-state index in [0.29, 0.717) is 6.54 Å². The largest absolute Gasteiger partial charge is 0.480 e. The molecule has 1 aromatic rings. The van der Waals surface area contributed by atoms with Crippen molar-refractivity contribution in [1.29, 1.82) is 0 Å². The van der Waals surface area contributed by atoms with Crippen molar-refractivity contribution in [2.75, 3.05) is 0 Å². The van der Waals surface area contributed by atoms with Crippen molar-refractivity contribution >= 4 is 5.97 Å². The molecule has 1 aliphatic rings. The molecule has 0 saturated heterocycles. The van der Waals surface area contributed by atoms with Crippen molar-refractivity contribution in [3.63, 3.8) is 0 Å². The van der Waals surface area contributed by atoms with E-state index in [-0.39, 0.29) is 12.0 Å². The molecule has 0 amide bonds. The lowest BCUT2D eigenvalue weighted by atomic mass is 9.92. The number of hydrogen-bond acceptors (Lipinski definition) is 3. The Labute approximate surface area is 126 Å². The summed E-state index contributed by atoms with van der Waals surface area (Å²) < 4.78 is 1.88. The van der Waals surface area contributed by atoms with Crippen molar-refractivity contribution in [3.8, 4) is 0 Å². The van der Waals surface area contributed by atoms with E-state index in [1.54, 1.807) is 0 Å². The molecule has 0 radical (unpaired) electrons. The molecule has 1 fully saturated rings. The smallest absolute Gasteiger partial charge is 0.326 e. The van der Waals surface area contributed by atoms with Crippen LogP contribution in [-0.2, 0) is 17.8 Å². The predicted octanol–water partition coefficient (Wildman–Crippen LogP) is 2.29. The Morgan fingerprint density at radius 3 is 2.48 bits per heavy atom. The third-order valence-electron chi connectivity index (χ3n) is 4.49. The average molecular weight is 293 g/mol. The van der Waals surface area contributed by atoms with Gasteiger partial charge in [0.15, 0.2) is 0 Å². The van der Waals surface area contributed by atoms with Crippen molar-refractivity contribution in [3.05, 3.63) is 17.0 Å². The van der Waals surface area contributed by atoms with Gasteiger partial charge in [0.1, 0.15) is 5.54 Å². The summed E-state index contributed by atoms with van der Waals surface area (Å²) in [5.41, 5.74) is 2.43. The highest BCUT2D eigenvalue weighted by Crippen LogP contribution is 2.41. The number of carboxylic acids is 1. The van der Waals surface area contributed by atoms with Crippen LogP contribution >= 0.6 is 0 Å². The van der Waals surface area contributed by atoms with Crippen LogP contribution in [0.5, 0.6) is 0 Å². The number of rotatable bonds is 7. The lowest BCUT2D eigenvalue weighted by Crippen LogP contribution is -2.59. The summed E-state index contributed by atoms with van der Waals surface area (Å²) >= 11 is 0. The van der Waals surface area contributed by atoms with Gasteiger partial charge >= 0.3 is 5.97 Å². The van der Waals surface area contributed by atoms with Gasteiger partial charge in [-0.1, -0.05) is 6.92 Å². The highest BCUT2D eigenvalue weighted by molar-refractivity contribution is 5.80. The molecule has 1 aromatic heterocycles. The Morgan fingerprint density at radius 1 is 1.48 bits per heavy atom. The van der Waals surface area contributed by atoms with E-state index in [1.807, 2.05) is 32.4 Å². The minimum atomic E-state index is -0.900. The Bertz CT molecular complexity index is 532. The van der Waals surface area contributed by atoms with E-state index in [9.17, 15) is 9.90 Å². The van der Waals surface area contributed by atoms with Gasteiger partial charge in [-0.25, -0.2) is 0 Å². The van der Waals surface area contributed by atoms with Crippen molar-refractivity contribution in [1.82, 2.24) is 15.1 Å². The van der Waals surface area contributed by atoms with Gasteiger partial charge in [0.05, 0.1) is 12.2 Å². The molecule has 118 valence electrons. The maximum absolute atomic E-state index is 12.0. The van der Waals surface area contributed by atoms with Crippen LogP contribution in [0.15, 0.2) is 0 Å². The quantitative estimate of drug-likeness (QED) is 0.809. The molecule has 1 saturated carbocycles. The number of aryl methyl sites for hydroxylation is 1. The number of hydrogen-bond donors (Lipinski definition) is 2. The first-order chi connectivity index (χ1) is 9.81. The Morgan fingerprint density at radius 2 is 2.10 bits per heavy atom. The fraction of sp³-hybridized carbons (Fsp3) is 0.750. The number of carbonyl (C=O) groups is 1. The SMILES string of the molecule is CCc1c(C)nn(CC(NC(C)C)(C(=O)O)C2CC2)c1C. The lowest BCUT2D eigenvalue weighted by molar-refractivity contribution is -0.147. The lowest BCUT2D eigenvalue weighted by Gasteiger charge is -2.33. The summed E-state index contributed by atoms with van der Waals surface area (Å²) in [5, 5.41) is 17.8. The summed E-state index contributed by atoms with van der Waals surface area (Å²) in [6.07, 6.45) is 2.89. The molecule has 0 spiro atoms. The minimum absolute atomic E-state index is 0.129. The summed E-state index contributed by atoms with van der Waals surface area (Å²) in [6, 6.07) is 0.129. The highest BCUT2D eigenvalue weighted by Gasteiger charge is 2.52. The van der Waals surface area contributed by atoms with Gasteiger partial charge < -0.3 is 5.11 Å². The first kappa shape index (κ1) is 16.0. The standard InChI is InChI=1S/C16H27N3O2/c1-6-14-11(4)18-19(12(14)5)9-16(15(20)21,13-7-8-13)17-10(2)3/h10,13,17H,6-9H2,1-5H3,(H,20,21). The van der Waals surface area contributed by atoms with Crippen LogP contribution in [0.3, 0.4) is 0 Å². The summed E-state index contributed by atoms with van der Waals surface area (Å²) in [6.45, 7) is 10.5. The maximum Gasteiger partial charge on any atom is 0.326 e. The normalized spacial score (nSPS) is 18.0. The van der Waals surface area contributed by atoms with Crippen molar-refractivity contribution in [2.45, 2.75) is 72.0 Å². The van der Waals surface area contributed by atoms with E-state index < -0.39 is 11.5 Å². The average Bonchev–Trinajstić information content (AvgIpc) is 3.17. The number of carboxylic acid groups (broad SMARTS) is 1. The van der Waals surface area contributed by atoms with E-state index in [1.165, 1.54) is 5.56 Å². The van der Waals surface area contributed by atoms with E-state index in [2.05, 4.69) is 17.3 Å². The molecule has 1 heterocycles. The Balaban J connectivity index is 2.37. The molecule has 1 aliphatic carbocycles. The van der Waals surface area contributed by atoms with Gasteiger partial charge in [0.2, 0.25) is 0 Å². The third-order valence-corrected chi connectivity index (χ3v) is 4.49. The maximum atomic E-state index is 12.0. The van der Waals surface area contributed by atoms with Crippen molar-refractivity contribution in [2.24, 2.45) is 5.92 Å². The van der Waals surface area contributed by atoms with E-state index in [0.717, 1.165) is 30.7 Å². The van der Waals surface area contributed by atoms with Crippen LogP contribution < -0.4 is 5.32 Å². The zero-order valence-corrected chi connectivity index (χ0v) is 13.7. The second-order valence-corrected chi connectivity index (χ2v) is 6.51. The van der Waals surface area contributed by atoms with Gasteiger partial charge in [-0.2, -0.15) is 5.10 Å². The molecule has 5 heteroatoms. The topological polar surface area (TPSA) is 67.2 Å². The van der Waals surface area contributed by atoms with Gasteiger partial charge in [0.25, 0.3) is 0 Å². The van der Waals surface area contributed by atoms with E-state index in [4.69, 9.17) is 0 Å². The van der Waals surface area contributed by atoms with Crippen LogP contribution in [0.4, 0.5) is 0 Å². The van der Waals surface area contributed by atoms with Gasteiger partial charge in [-0.15, -0.1) is 0 Å². The molecular formula is C16H27N3O2. The number of aromatic nitrogens is 2. The monoisotopic (exact) mass is 293 g/mol. The number of nitrogens with one attached hydrogen (secondary N) is 1. The van der Waals surface area contributed by atoms with E-state index >= 15 is 0 Å². The van der Waals surface area contributed by atoms with Crippen LogP contribution in [0.25, 0.3) is 0 Å². The van der Waals surface area contributed by atoms with Crippen LogP contribution in [0.1, 0.15) is 50.6 Å². The Hall–Kier alpha value is -1.36. The van der Waals surface area contributed by atoms with Crippen LogP contribution in [-0.4, -0.2) is 32.4 Å². The molecule has 21 heavy (non-hydrogen) atoms. The predicted molar refractivity (Wildman–Crippen MR) is 82.4 cm³/mol. The molecule has 1 atom stereocenters. The summed E-state index contributed by atoms with van der Waals surface area (Å²) in [4.78, 5) is 12.0. The second kappa shape index (κ2) is 5.79. The molecule has 0 bridgehead atoms.